The molecule has 148 valence electrons. The number of aryl methyl sites for hydroxylation is 3. The summed E-state index contributed by atoms with van der Waals surface area (Å²) < 4.78 is 11.0. The fourth-order valence-corrected chi connectivity index (χ4v) is 3.95. The standard InChI is InChI=1S/C21H26N4O3/c1-12-9-16(14(3)27-12)18-10-17(19-13(2)25-28-21(19)24-18)20(26)23-8-6-15-5-4-7-22-11-15/h9-10,15,22H,4-8,11H2,1-3H3,(H,23,26). The number of hydrogen-bond donors (Lipinski definition) is 2. The number of pyridine rings is 1. The Morgan fingerprint density at radius 2 is 2.18 bits per heavy atom. The van der Waals surface area contributed by atoms with Crippen molar-refractivity contribution in [1.29, 1.82) is 0 Å². The smallest absolute Gasteiger partial charge is 0.259 e. The van der Waals surface area contributed by atoms with Gasteiger partial charge in [-0.3, -0.25) is 4.79 Å². The second kappa shape index (κ2) is 7.75. The van der Waals surface area contributed by atoms with E-state index in [1.54, 1.807) is 6.07 Å². The summed E-state index contributed by atoms with van der Waals surface area (Å²) >= 11 is 0. The lowest BCUT2D eigenvalue weighted by molar-refractivity contribution is 0.0952. The number of aromatic nitrogens is 2. The number of carbonyl (C=O) groups excluding carboxylic acids is 1. The second-order valence-corrected chi connectivity index (χ2v) is 7.59. The molecule has 1 fully saturated rings. The van der Waals surface area contributed by atoms with E-state index in [1.807, 2.05) is 26.8 Å². The van der Waals surface area contributed by atoms with Crippen LogP contribution in [0.1, 0.15) is 46.8 Å². The van der Waals surface area contributed by atoms with E-state index in [2.05, 4.69) is 20.8 Å². The minimum Gasteiger partial charge on any atom is -0.466 e. The van der Waals surface area contributed by atoms with E-state index in [-0.39, 0.29) is 5.91 Å². The number of rotatable bonds is 5. The van der Waals surface area contributed by atoms with Crippen molar-refractivity contribution in [3.05, 3.63) is 34.9 Å². The fraction of sp³-hybridized carbons (Fsp3) is 0.476. The van der Waals surface area contributed by atoms with Crippen LogP contribution in [0.3, 0.4) is 0 Å². The van der Waals surface area contributed by atoms with Gasteiger partial charge in [0.15, 0.2) is 0 Å². The fourth-order valence-electron chi connectivity index (χ4n) is 3.95. The van der Waals surface area contributed by atoms with Crippen LogP contribution in [0.25, 0.3) is 22.4 Å². The highest BCUT2D eigenvalue weighted by Gasteiger charge is 2.21. The van der Waals surface area contributed by atoms with Gasteiger partial charge >= 0.3 is 0 Å². The number of piperidine rings is 1. The van der Waals surface area contributed by atoms with E-state index < -0.39 is 0 Å². The third-order valence-electron chi connectivity index (χ3n) is 5.42. The first-order valence-corrected chi connectivity index (χ1v) is 9.86. The maximum Gasteiger partial charge on any atom is 0.259 e. The van der Waals surface area contributed by atoms with Crippen molar-refractivity contribution in [2.75, 3.05) is 19.6 Å². The van der Waals surface area contributed by atoms with E-state index in [4.69, 9.17) is 8.94 Å². The molecule has 1 atom stereocenters. The Kier molecular flexibility index (Phi) is 5.17. The van der Waals surface area contributed by atoms with Gasteiger partial charge in [0.1, 0.15) is 11.5 Å². The maximum absolute atomic E-state index is 13.0. The van der Waals surface area contributed by atoms with Crippen molar-refractivity contribution in [1.82, 2.24) is 20.8 Å². The summed E-state index contributed by atoms with van der Waals surface area (Å²) in [6, 6.07) is 3.73. The predicted molar refractivity (Wildman–Crippen MR) is 106 cm³/mol. The number of fused-ring (bicyclic) bond motifs is 1. The van der Waals surface area contributed by atoms with Crippen molar-refractivity contribution in [2.24, 2.45) is 5.92 Å². The summed E-state index contributed by atoms with van der Waals surface area (Å²) in [4.78, 5) is 17.5. The molecule has 1 saturated heterocycles. The molecule has 4 rings (SSSR count). The highest BCUT2D eigenvalue weighted by molar-refractivity contribution is 6.07. The van der Waals surface area contributed by atoms with Crippen LogP contribution >= 0.6 is 0 Å². The van der Waals surface area contributed by atoms with Gasteiger partial charge in [0.2, 0.25) is 0 Å². The zero-order chi connectivity index (χ0) is 19.7. The summed E-state index contributed by atoms with van der Waals surface area (Å²) in [5, 5.41) is 11.2. The summed E-state index contributed by atoms with van der Waals surface area (Å²) in [6.45, 7) is 8.38. The first kappa shape index (κ1) is 18.7. The van der Waals surface area contributed by atoms with E-state index >= 15 is 0 Å². The number of nitrogens with one attached hydrogen (secondary N) is 2. The van der Waals surface area contributed by atoms with Gasteiger partial charge in [-0.1, -0.05) is 5.16 Å². The van der Waals surface area contributed by atoms with Gasteiger partial charge in [0.05, 0.1) is 22.3 Å². The van der Waals surface area contributed by atoms with Crippen LogP contribution in [0.15, 0.2) is 21.1 Å². The summed E-state index contributed by atoms with van der Waals surface area (Å²) in [7, 11) is 0. The lowest BCUT2D eigenvalue weighted by Gasteiger charge is -2.22. The van der Waals surface area contributed by atoms with Crippen LogP contribution in [0.4, 0.5) is 0 Å². The molecule has 2 N–H and O–H groups in total. The largest absolute Gasteiger partial charge is 0.466 e. The molecule has 0 aliphatic carbocycles. The monoisotopic (exact) mass is 382 g/mol. The molecule has 7 heteroatoms. The summed E-state index contributed by atoms with van der Waals surface area (Å²) in [6.07, 6.45) is 3.40. The first-order valence-electron chi connectivity index (χ1n) is 9.86. The zero-order valence-electron chi connectivity index (χ0n) is 16.6. The Bertz CT molecular complexity index is 999. The lowest BCUT2D eigenvalue weighted by atomic mass is 9.96. The van der Waals surface area contributed by atoms with Gasteiger partial charge in [0, 0.05) is 12.1 Å². The third-order valence-corrected chi connectivity index (χ3v) is 5.42. The molecule has 3 aromatic rings. The Morgan fingerprint density at radius 3 is 2.89 bits per heavy atom. The van der Waals surface area contributed by atoms with Gasteiger partial charge in [-0.2, -0.15) is 0 Å². The molecule has 0 spiro atoms. The molecule has 0 bridgehead atoms. The Labute approximate surface area is 163 Å². The number of carbonyl (C=O) groups is 1. The molecule has 1 aliphatic heterocycles. The number of amides is 1. The van der Waals surface area contributed by atoms with Gasteiger partial charge in [-0.15, -0.1) is 0 Å². The number of nitrogens with zero attached hydrogens (tertiary/aromatic N) is 2. The quantitative estimate of drug-likeness (QED) is 0.701. The van der Waals surface area contributed by atoms with Crippen LogP contribution in [0.2, 0.25) is 0 Å². The topological polar surface area (TPSA) is 93.2 Å². The summed E-state index contributed by atoms with van der Waals surface area (Å²) in [5.41, 5.74) is 3.08. The molecule has 28 heavy (non-hydrogen) atoms. The van der Waals surface area contributed by atoms with Crippen LogP contribution in [-0.4, -0.2) is 35.7 Å². The summed E-state index contributed by atoms with van der Waals surface area (Å²) in [5.74, 6) is 2.06. The SMILES string of the molecule is Cc1cc(-c2cc(C(=O)NCCC3CCCNC3)c3c(C)noc3n2)c(C)o1. The first-order chi connectivity index (χ1) is 13.5. The van der Waals surface area contributed by atoms with Crippen LogP contribution in [0.5, 0.6) is 0 Å². The third kappa shape index (κ3) is 3.67. The van der Waals surface area contributed by atoms with Crippen LogP contribution < -0.4 is 10.6 Å². The van der Waals surface area contributed by atoms with Gasteiger partial charge in [-0.05, 0) is 71.2 Å². The van der Waals surface area contributed by atoms with Crippen molar-refractivity contribution in [2.45, 2.75) is 40.0 Å². The molecule has 0 saturated carbocycles. The zero-order valence-corrected chi connectivity index (χ0v) is 16.6. The highest BCUT2D eigenvalue weighted by atomic mass is 16.5. The molecule has 7 nitrogen and oxygen atoms in total. The maximum atomic E-state index is 13.0. The normalized spacial score (nSPS) is 17.2. The molecule has 0 radical (unpaired) electrons. The Balaban J connectivity index is 1.60. The van der Waals surface area contributed by atoms with E-state index in [9.17, 15) is 4.79 Å². The van der Waals surface area contributed by atoms with E-state index in [1.165, 1.54) is 12.8 Å². The second-order valence-electron chi connectivity index (χ2n) is 7.59. The number of hydrogen-bond acceptors (Lipinski definition) is 6. The molecule has 4 heterocycles. The molecular weight excluding hydrogens is 356 g/mol. The molecule has 1 amide bonds. The van der Waals surface area contributed by atoms with Crippen molar-refractivity contribution in [3.8, 4) is 11.3 Å². The Hall–Kier alpha value is -2.67. The Morgan fingerprint density at radius 1 is 1.32 bits per heavy atom. The van der Waals surface area contributed by atoms with E-state index in [0.29, 0.717) is 40.5 Å². The average Bonchev–Trinajstić information content (AvgIpc) is 3.23. The van der Waals surface area contributed by atoms with Crippen molar-refractivity contribution in [3.63, 3.8) is 0 Å². The minimum atomic E-state index is -0.124. The van der Waals surface area contributed by atoms with E-state index in [0.717, 1.165) is 36.6 Å². The molecule has 1 unspecified atom stereocenters. The van der Waals surface area contributed by atoms with Crippen molar-refractivity contribution >= 4 is 17.0 Å². The van der Waals surface area contributed by atoms with Crippen LogP contribution in [0, 0.1) is 26.7 Å². The molecular formula is C21H26N4O3. The predicted octanol–water partition coefficient (Wildman–Crippen LogP) is 3.53. The van der Waals surface area contributed by atoms with Gasteiger partial charge < -0.3 is 19.6 Å². The highest BCUT2D eigenvalue weighted by Crippen LogP contribution is 2.30. The van der Waals surface area contributed by atoms with Gasteiger partial charge in [-0.25, -0.2) is 4.98 Å². The van der Waals surface area contributed by atoms with Gasteiger partial charge in [0.25, 0.3) is 11.6 Å². The molecule has 0 aromatic carbocycles. The molecule has 3 aromatic heterocycles. The van der Waals surface area contributed by atoms with Crippen molar-refractivity contribution < 1.29 is 13.7 Å². The lowest BCUT2D eigenvalue weighted by Crippen LogP contribution is -2.33. The van der Waals surface area contributed by atoms with Crippen LogP contribution in [-0.2, 0) is 0 Å². The molecule has 1 aliphatic rings. The number of furan rings is 1. The minimum absolute atomic E-state index is 0.124. The average molecular weight is 382 g/mol.